The number of ether oxygens (including phenoxy) is 1. The summed E-state index contributed by atoms with van der Waals surface area (Å²) in [5, 5.41) is 0.324. The highest BCUT2D eigenvalue weighted by Gasteiger charge is 2.34. The van der Waals surface area contributed by atoms with E-state index in [0.717, 1.165) is 5.56 Å². The predicted octanol–water partition coefficient (Wildman–Crippen LogP) is 3.46. The first kappa shape index (κ1) is 28.0. The summed E-state index contributed by atoms with van der Waals surface area (Å²) in [4.78, 5) is 56.9. The average Bonchev–Trinajstić information content (AvgIpc) is 3.28. The van der Waals surface area contributed by atoms with Crippen LogP contribution in [0.25, 0.3) is 10.9 Å². The van der Waals surface area contributed by atoms with Crippen molar-refractivity contribution in [1.29, 1.82) is 0 Å². The lowest BCUT2D eigenvalue weighted by Gasteiger charge is -2.44. The number of fused-ring (bicyclic) bond motifs is 1. The van der Waals surface area contributed by atoms with Gasteiger partial charge in [-0.2, -0.15) is 0 Å². The van der Waals surface area contributed by atoms with Crippen molar-refractivity contribution in [2.75, 3.05) is 34.3 Å². The van der Waals surface area contributed by atoms with Crippen LogP contribution in [-0.4, -0.2) is 89.1 Å². The van der Waals surface area contributed by atoms with E-state index >= 15 is 0 Å². The van der Waals surface area contributed by atoms with Crippen LogP contribution in [0.4, 0.5) is 4.39 Å². The summed E-state index contributed by atoms with van der Waals surface area (Å²) >= 11 is 0. The highest BCUT2D eigenvalue weighted by Crippen LogP contribution is 2.32. The predicted molar refractivity (Wildman–Crippen MR) is 145 cm³/mol. The second-order valence-electron chi connectivity index (χ2n) is 10.2. The third-order valence-electron chi connectivity index (χ3n) is 7.22. The van der Waals surface area contributed by atoms with Gasteiger partial charge >= 0.3 is 0 Å². The fourth-order valence-corrected chi connectivity index (χ4v) is 5.03. The molecule has 0 aliphatic carbocycles. The van der Waals surface area contributed by atoms with E-state index in [1.54, 1.807) is 23.1 Å². The maximum Gasteiger partial charge on any atom is 0.294 e. The van der Waals surface area contributed by atoms with Crippen LogP contribution in [0.2, 0.25) is 0 Å². The fourth-order valence-electron chi connectivity index (χ4n) is 5.03. The summed E-state index contributed by atoms with van der Waals surface area (Å²) < 4.78 is 20.2. The van der Waals surface area contributed by atoms with Gasteiger partial charge in [-0.05, 0) is 37.6 Å². The number of amides is 2. The van der Waals surface area contributed by atoms with Gasteiger partial charge in [-0.1, -0.05) is 12.1 Å². The Hall–Kier alpha value is -4.05. The van der Waals surface area contributed by atoms with Crippen molar-refractivity contribution in [2.45, 2.75) is 39.4 Å². The van der Waals surface area contributed by atoms with Gasteiger partial charge in [0.15, 0.2) is 0 Å². The Morgan fingerprint density at radius 3 is 2.26 bits per heavy atom. The number of likely N-dealkylation sites (N-methyl/N-ethyl adjacent to an activating group) is 1. The summed E-state index contributed by atoms with van der Waals surface area (Å²) in [5.41, 5.74) is 1.64. The number of ketones is 1. The summed E-state index contributed by atoms with van der Waals surface area (Å²) in [6.45, 7) is 7.03. The van der Waals surface area contributed by atoms with Gasteiger partial charge in [0, 0.05) is 70.4 Å². The van der Waals surface area contributed by atoms with E-state index in [9.17, 15) is 23.6 Å². The minimum Gasteiger partial charge on any atom is -0.496 e. The van der Waals surface area contributed by atoms with Crippen molar-refractivity contribution < 1.29 is 28.3 Å². The SMILES string of the molecule is COc1cc2c(cc1C(=O)N1C[C@H](C)N(Cc3ccc(F)cc3)C[C@@H]1C)c(C(=O)C(=O)N(C)C)cn2C(C)=O. The first-order valence-electron chi connectivity index (χ1n) is 12.7. The quantitative estimate of drug-likeness (QED) is 0.354. The van der Waals surface area contributed by atoms with Gasteiger partial charge in [0.25, 0.3) is 17.6 Å². The van der Waals surface area contributed by atoms with Gasteiger partial charge in [0.2, 0.25) is 5.91 Å². The van der Waals surface area contributed by atoms with Crippen LogP contribution in [0.3, 0.4) is 0 Å². The van der Waals surface area contributed by atoms with Crippen LogP contribution < -0.4 is 4.74 Å². The van der Waals surface area contributed by atoms with E-state index in [1.165, 1.54) is 62.0 Å². The molecule has 0 saturated carbocycles. The molecule has 9 nitrogen and oxygen atoms in total. The van der Waals surface area contributed by atoms with Crippen LogP contribution >= 0.6 is 0 Å². The molecule has 1 aliphatic rings. The third kappa shape index (κ3) is 5.42. The number of aromatic nitrogens is 1. The molecule has 3 aromatic rings. The largest absolute Gasteiger partial charge is 0.496 e. The smallest absolute Gasteiger partial charge is 0.294 e. The molecule has 2 amide bonds. The fraction of sp³-hybridized carbons (Fsp3) is 0.379. The van der Waals surface area contributed by atoms with E-state index in [-0.39, 0.29) is 46.6 Å². The molecule has 2 atom stereocenters. The molecule has 1 aliphatic heterocycles. The second kappa shape index (κ2) is 11.0. The standard InChI is InChI=1S/C29H33FN4O5/c1-17-14-33(18(2)13-32(17)15-20-7-9-21(30)10-8-20)28(37)23-11-22-24(27(36)29(38)31(4)5)16-34(19(3)35)25(22)12-26(23)39-6/h7-12,16-18H,13-15H2,1-6H3/t17-,18-/m0/s1. The Morgan fingerprint density at radius 1 is 1.00 bits per heavy atom. The van der Waals surface area contributed by atoms with E-state index in [0.29, 0.717) is 30.5 Å². The van der Waals surface area contributed by atoms with Gasteiger partial charge in [-0.15, -0.1) is 0 Å². The Balaban J connectivity index is 1.68. The van der Waals surface area contributed by atoms with E-state index in [2.05, 4.69) is 4.90 Å². The number of benzene rings is 2. The van der Waals surface area contributed by atoms with Crippen molar-refractivity contribution in [3.8, 4) is 5.75 Å². The summed E-state index contributed by atoms with van der Waals surface area (Å²) in [7, 11) is 4.38. The molecule has 4 rings (SSSR count). The maximum absolute atomic E-state index is 13.9. The van der Waals surface area contributed by atoms with Gasteiger partial charge in [-0.3, -0.25) is 28.6 Å². The van der Waals surface area contributed by atoms with Crippen LogP contribution in [0, 0.1) is 5.82 Å². The van der Waals surface area contributed by atoms with E-state index in [1.807, 2.05) is 13.8 Å². The number of carbonyl (C=O) groups excluding carboxylic acids is 4. The number of piperazine rings is 1. The minimum absolute atomic E-state index is 0.0265. The molecular formula is C29H33FN4O5. The Kier molecular flexibility index (Phi) is 7.87. The number of rotatable bonds is 6. The zero-order valence-electron chi connectivity index (χ0n) is 23.0. The number of hydrogen-bond acceptors (Lipinski definition) is 6. The number of nitrogens with zero attached hydrogens (tertiary/aromatic N) is 4. The Morgan fingerprint density at radius 2 is 1.67 bits per heavy atom. The molecule has 0 unspecified atom stereocenters. The van der Waals surface area contributed by atoms with Gasteiger partial charge in [0.05, 0.1) is 23.8 Å². The zero-order chi connectivity index (χ0) is 28.6. The summed E-state index contributed by atoms with van der Waals surface area (Å²) in [5.74, 6) is -2.15. The number of hydrogen-bond donors (Lipinski definition) is 0. The molecular weight excluding hydrogens is 503 g/mol. The first-order valence-corrected chi connectivity index (χ1v) is 12.7. The Labute approximate surface area is 226 Å². The van der Waals surface area contributed by atoms with Crippen molar-refractivity contribution in [3.63, 3.8) is 0 Å². The first-order chi connectivity index (χ1) is 18.4. The lowest BCUT2D eigenvalue weighted by Crippen LogP contribution is -2.57. The molecule has 206 valence electrons. The minimum atomic E-state index is -0.773. The Bertz CT molecular complexity index is 1450. The summed E-state index contributed by atoms with van der Waals surface area (Å²) in [6.07, 6.45) is 1.34. The zero-order valence-corrected chi connectivity index (χ0v) is 23.0. The molecule has 0 N–H and O–H groups in total. The van der Waals surface area contributed by atoms with Crippen molar-refractivity contribution in [1.82, 2.24) is 19.3 Å². The van der Waals surface area contributed by atoms with Gasteiger partial charge in [-0.25, -0.2) is 4.39 Å². The lowest BCUT2D eigenvalue weighted by atomic mass is 10.0. The van der Waals surface area contributed by atoms with Gasteiger partial charge in [0.1, 0.15) is 11.6 Å². The average molecular weight is 537 g/mol. The molecule has 1 fully saturated rings. The van der Waals surface area contributed by atoms with Crippen molar-refractivity contribution in [3.05, 3.63) is 65.1 Å². The van der Waals surface area contributed by atoms with Crippen LogP contribution in [0.15, 0.2) is 42.6 Å². The second-order valence-corrected chi connectivity index (χ2v) is 10.2. The lowest BCUT2D eigenvalue weighted by molar-refractivity contribution is -0.124. The number of carbonyl (C=O) groups is 4. The molecule has 0 bridgehead atoms. The molecule has 0 spiro atoms. The number of Topliss-reactive ketones (excluding diaryl/α,β-unsaturated/α-hetero) is 1. The molecule has 1 aromatic heterocycles. The summed E-state index contributed by atoms with van der Waals surface area (Å²) in [6, 6.07) is 9.38. The van der Waals surface area contributed by atoms with E-state index < -0.39 is 11.7 Å². The van der Waals surface area contributed by atoms with Crippen molar-refractivity contribution in [2.24, 2.45) is 0 Å². The van der Waals surface area contributed by atoms with Crippen LogP contribution in [-0.2, 0) is 11.3 Å². The van der Waals surface area contributed by atoms with Gasteiger partial charge < -0.3 is 14.5 Å². The normalized spacial score (nSPS) is 17.8. The van der Waals surface area contributed by atoms with Crippen LogP contribution in [0.5, 0.6) is 5.75 Å². The highest BCUT2D eigenvalue weighted by atomic mass is 19.1. The van der Waals surface area contributed by atoms with Crippen LogP contribution in [0.1, 0.15) is 51.8 Å². The molecule has 1 saturated heterocycles. The highest BCUT2D eigenvalue weighted by molar-refractivity contribution is 6.45. The van der Waals surface area contributed by atoms with Crippen molar-refractivity contribution >= 4 is 34.4 Å². The molecule has 0 radical (unpaired) electrons. The monoisotopic (exact) mass is 536 g/mol. The molecule has 10 heteroatoms. The maximum atomic E-state index is 13.9. The third-order valence-corrected chi connectivity index (χ3v) is 7.22. The number of methoxy groups -OCH3 is 1. The van der Waals surface area contributed by atoms with E-state index in [4.69, 9.17) is 4.74 Å². The molecule has 2 heterocycles. The number of halogens is 1. The topological polar surface area (TPSA) is 92.2 Å². The molecule has 39 heavy (non-hydrogen) atoms. The molecule has 2 aromatic carbocycles.